The number of aromatic hydroxyl groups is 1. The summed E-state index contributed by atoms with van der Waals surface area (Å²) >= 11 is 3.53. The minimum Gasteiger partial charge on any atom is -0.504 e. The van der Waals surface area contributed by atoms with Gasteiger partial charge >= 0.3 is 0 Å². The van der Waals surface area contributed by atoms with Crippen molar-refractivity contribution in [1.82, 2.24) is 9.38 Å². The van der Waals surface area contributed by atoms with Crippen LogP contribution in [0, 0.1) is 0 Å². The number of hydrogen-bond donors (Lipinski definition) is 2. The minimum atomic E-state index is 0.103. The van der Waals surface area contributed by atoms with Crippen LogP contribution in [0.5, 0.6) is 11.5 Å². The van der Waals surface area contributed by atoms with E-state index in [1.165, 1.54) is 12.7 Å². The Kier molecular flexibility index (Phi) is 4.73. The molecule has 0 spiro atoms. The van der Waals surface area contributed by atoms with Gasteiger partial charge in [0.1, 0.15) is 17.2 Å². The Labute approximate surface area is 165 Å². The summed E-state index contributed by atoms with van der Waals surface area (Å²) in [6.45, 7) is 0.670. The molecule has 6 heteroatoms. The van der Waals surface area contributed by atoms with Crippen molar-refractivity contribution < 1.29 is 9.84 Å². The molecular weight excluding hydrogens is 406 g/mol. The molecule has 2 aromatic heterocycles. The van der Waals surface area contributed by atoms with Gasteiger partial charge in [0.2, 0.25) is 0 Å². The predicted octanol–water partition coefficient (Wildman–Crippen LogP) is 5.09. The minimum absolute atomic E-state index is 0.103. The van der Waals surface area contributed by atoms with E-state index in [1.54, 1.807) is 12.1 Å². The first-order chi connectivity index (χ1) is 13.2. The number of anilines is 1. The maximum Gasteiger partial charge on any atom is 0.161 e. The zero-order valence-corrected chi connectivity index (χ0v) is 16.3. The molecule has 0 atom stereocenters. The number of pyridine rings is 1. The fraction of sp³-hybridized carbons (Fsp3) is 0.0952. The number of fused-ring (bicyclic) bond motifs is 1. The highest BCUT2D eigenvalue weighted by molar-refractivity contribution is 9.10. The van der Waals surface area contributed by atoms with E-state index in [0.29, 0.717) is 12.3 Å². The first-order valence-electron chi connectivity index (χ1n) is 8.48. The largest absolute Gasteiger partial charge is 0.504 e. The summed E-state index contributed by atoms with van der Waals surface area (Å²) in [5.41, 5.74) is 3.66. The molecule has 0 aliphatic rings. The van der Waals surface area contributed by atoms with Gasteiger partial charge in [0, 0.05) is 22.8 Å². The number of nitrogens with zero attached hydrogens (tertiary/aromatic N) is 2. The van der Waals surface area contributed by atoms with Crippen molar-refractivity contribution in [2.75, 3.05) is 12.4 Å². The van der Waals surface area contributed by atoms with Crippen LogP contribution in [0.25, 0.3) is 16.9 Å². The lowest BCUT2D eigenvalue weighted by atomic mass is 10.1. The van der Waals surface area contributed by atoms with E-state index in [0.717, 1.165) is 27.2 Å². The molecule has 0 unspecified atom stereocenters. The van der Waals surface area contributed by atoms with Crippen LogP contribution in [-0.4, -0.2) is 21.6 Å². The van der Waals surface area contributed by atoms with Gasteiger partial charge in [-0.1, -0.05) is 30.3 Å². The van der Waals surface area contributed by atoms with Crippen molar-refractivity contribution in [3.63, 3.8) is 0 Å². The highest BCUT2D eigenvalue weighted by Gasteiger charge is 2.16. The van der Waals surface area contributed by atoms with E-state index in [2.05, 4.69) is 33.4 Å². The zero-order valence-electron chi connectivity index (χ0n) is 14.7. The summed E-state index contributed by atoms with van der Waals surface area (Å²) in [6, 6.07) is 19.4. The number of nitrogens with one attached hydrogen (secondary N) is 1. The first-order valence-corrected chi connectivity index (χ1v) is 9.28. The summed E-state index contributed by atoms with van der Waals surface area (Å²) in [5, 5.41) is 13.4. The number of phenols is 1. The van der Waals surface area contributed by atoms with Gasteiger partial charge in [-0.25, -0.2) is 4.98 Å². The van der Waals surface area contributed by atoms with Gasteiger partial charge in [-0.3, -0.25) is 4.40 Å². The third kappa shape index (κ3) is 3.48. The molecule has 0 aliphatic carbocycles. The maximum absolute atomic E-state index is 9.91. The Hall–Kier alpha value is -2.99. The summed E-state index contributed by atoms with van der Waals surface area (Å²) in [6.07, 6.45) is 1.98. The van der Waals surface area contributed by atoms with Gasteiger partial charge in [-0.15, -0.1) is 0 Å². The number of hydrogen-bond acceptors (Lipinski definition) is 4. The smallest absolute Gasteiger partial charge is 0.161 e. The van der Waals surface area contributed by atoms with Crippen molar-refractivity contribution in [3.05, 3.63) is 76.9 Å². The Morgan fingerprint density at radius 2 is 1.93 bits per heavy atom. The quantitative estimate of drug-likeness (QED) is 0.469. The van der Waals surface area contributed by atoms with Crippen LogP contribution in [0.1, 0.15) is 5.56 Å². The number of rotatable bonds is 5. The molecule has 0 fully saturated rings. The zero-order chi connectivity index (χ0) is 18.8. The van der Waals surface area contributed by atoms with E-state index in [9.17, 15) is 5.11 Å². The van der Waals surface area contributed by atoms with Crippen molar-refractivity contribution in [3.8, 4) is 22.8 Å². The molecule has 4 rings (SSSR count). The third-order valence-electron chi connectivity index (χ3n) is 4.34. The summed E-state index contributed by atoms with van der Waals surface area (Å²) in [7, 11) is 1.54. The highest BCUT2D eigenvalue weighted by Crippen LogP contribution is 2.35. The van der Waals surface area contributed by atoms with Crippen molar-refractivity contribution in [2.45, 2.75) is 6.54 Å². The molecule has 2 heterocycles. The van der Waals surface area contributed by atoms with E-state index < -0.39 is 0 Å². The monoisotopic (exact) mass is 423 g/mol. The average molecular weight is 424 g/mol. The maximum atomic E-state index is 9.91. The fourth-order valence-electron chi connectivity index (χ4n) is 3.00. The van der Waals surface area contributed by atoms with Crippen LogP contribution in [0.2, 0.25) is 0 Å². The predicted molar refractivity (Wildman–Crippen MR) is 110 cm³/mol. The fourth-order valence-corrected chi connectivity index (χ4v) is 3.33. The molecule has 0 amide bonds. The number of halogens is 1. The number of benzene rings is 2. The Balaban J connectivity index is 1.82. The van der Waals surface area contributed by atoms with E-state index >= 15 is 0 Å². The van der Waals surface area contributed by atoms with Crippen LogP contribution in [-0.2, 0) is 6.54 Å². The van der Waals surface area contributed by atoms with Gasteiger partial charge < -0.3 is 15.2 Å². The van der Waals surface area contributed by atoms with Crippen LogP contribution in [0.4, 0.5) is 5.82 Å². The molecule has 136 valence electrons. The third-order valence-corrected chi connectivity index (χ3v) is 4.81. The molecule has 0 radical (unpaired) electrons. The topological polar surface area (TPSA) is 58.8 Å². The number of ether oxygens (including phenoxy) is 1. The summed E-state index contributed by atoms with van der Waals surface area (Å²) < 4.78 is 8.24. The highest BCUT2D eigenvalue weighted by atomic mass is 79.9. The second-order valence-corrected chi connectivity index (χ2v) is 7.03. The lowest BCUT2D eigenvalue weighted by Crippen LogP contribution is -2.03. The average Bonchev–Trinajstić information content (AvgIpc) is 3.05. The molecule has 0 bridgehead atoms. The molecule has 2 aromatic carbocycles. The van der Waals surface area contributed by atoms with E-state index in [-0.39, 0.29) is 5.75 Å². The molecule has 27 heavy (non-hydrogen) atoms. The van der Waals surface area contributed by atoms with E-state index in [1.807, 2.05) is 47.0 Å². The molecule has 0 aliphatic heterocycles. The number of aromatic nitrogens is 2. The van der Waals surface area contributed by atoms with Crippen LogP contribution < -0.4 is 10.1 Å². The summed E-state index contributed by atoms with van der Waals surface area (Å²) in [4.78, 5) is 4.78. The van der Waals surface area contributed by atoms with Gasteiger partial charge in [-0.05, 0) is 51.8 Å². The van der Waals surface area contributed by atoms with Crippen molar-refractivity contribution in [2.24, 2.45) is 0 Å². The van der Waals surface area contributed by atoms with Crippen LogP contribution in [0.15, 0.2) is 71.3 Å². The normalized spacial score (nSPS) is 10.9. The van der Waals surface area contributed by atoms with Gasteiger partial charge in [0.25, 0.3) is 0 Å². The lowest BCUT2D eigenvalue weighted by molar-refractivity contribution is 0.373. The number of phenolic OH excluding ortho intramolecular Hbond substituents is 1. The van der Waals surface area contributed by atoms with Gasteiger partial charge in [0.15, 0.2) is 11.5 Å². The van der Waals surface area contributed by atoms with Crippen molar-refractivity contribution in [1.29, 1.82) is 0 Å². The SMILES string of the molecule is COc1cc(-c2nc3ccc(Br)cn3c2NCc2ccccc2)ccc1O. The second-order valence-electron chi connectivity index (χ2n) is 6.11. The summed E-state index contributed by atoms with van der Waals surface area (Å²) in [5.74, 6) is 1.40. The van der Waals surface area contributed by atoms with Crippen LogP contribution >= 0.6 is 15.9 Å². The van der Waals surface area contributed by atoms with Crippen molar-refractivity contribution >= 4 is 27.4 Å². The molecular formula is C21H18BrN3O2. The van der Waals surface area contributed by atoms with E-state index in [4.69, 9.17) is 9.72 Å². The number of imidazole rings is 1. The van der Waals surface area contributed by atoms with Crippen LogP contribution in [0.3, 0.4) is 0 Å². The van der Waals surface area contributed by atoms with Gasteiger partial charge in [-0.2, -0.15) is 0 Å². The molecule has 4 aromatic rings. The molecule has 2 N–H and O–H groups in total. The Bertz CT molecular complexity index is 1090. The Morgan fingerprint density at radius 3 is 2.70 bits per heavy atom. The van der Waals surface area contributed by atoms with Gasteiger partial charge in [0.05, 0.1) is 7.11 Å². The standard InChI is InChI=1S/C21H18BrN3O2/c1-27-18-11-15(7-9-17(18)26)20-21(23-12-14-5-3-2-4-6-14)25-13-16(22)8-10-19(25)24-20/h2-11,13,23,26H,12H2,1H3. The molecule has 5 nitrogen and oxygen atoms in total. The lowest BCUT2D eigenvalue weighted by Gasteiger charge is -2.10. The number of methoxy groups -OCH3 is 1. The second kappa shape index (κ2) is 7.32. The Morgan fingerprint density at radius 1 is 1.11 bits per heavy atom. The first kappa shape index (κ1) is 17.4. The molecule has 0 saturated heterocycles. The molecule has 0 saturated carbocycles.